The van der Waals surface area contributed by atoms with Gasteiger partial charge < -0.3 is 4.74 Å². The first-order valence-corrected chi connectivity index (χ1v) is 8.06. The second kappa shape index (κ2) is 6.47. The quantitative estimate of drug-likeness (QED) is 0.721. The lowest BCUT2D eigenvalue weighted by molar-refractivity contribution is 0.0251. The van der Waals surface area contributed by atoms with E-state index in [0.29, 0.717) is 5.41 Å². The fraction of sp³-hybridized carbons (Fsp3) is 1.00. The highest BCUT2D eigenvalue weighted by atomic mass is 32.1. The largest absolute Gasteiger partial charge is 0.381 e. The Bertz CT molecular complexity index is 223. The maximum Gasteiger partial charge on any atom is 0.0530 e. The molecule has 2 heteroatoms. The van der Waals surface area contributed by atoms with Crippen molar-refractivity contribution in [2.75, 3.05) is 19.0 Å². The monoisotopic (exact) mass is 256 g/mol. The van der Waals surface area contributed by atoms with Crippen molar-refractivity contribution < 1.29 is 4.74 Å². The molecule has 0 bridgehead atoms. The topological polar surface area (TPSA) is 9.23 Å². The zero-order chi connectivity index (χ0) is 12.1. The second-order valence-electron chi connectivity index (χ2n) is 6.52. The maximum absolute atomic E-state index is 6.05. The van der Waals surface area contributed by atoms with E-state index in [1.54, 1.807) is 0 Å². The van der Waals surface area contributed by atoms with Gasteiger partial charge in [-0.25, -0.2) is 0 Å². The maximum atomic E-state index is 6.05. The zero-order valence-electron chi connectivity index (χ0n) is 11.3. The Kier molecular flexibility index (Phi) is 5.23. The molecule has 0 amide bonds. The molecule has 2 rings (SSSR count). The van der Waals surface area contributed by atoms with Crippen LogP contribution in [0.4, 0.5) is 0 Å². The first kappa shape index (κ1) is 13.7. The average Bonchev–Trinajstić information content (AvgIpc) is 2.79. The third-order valence-electron chi connectivity index (χ3n) is 4.81. The predicted molar refractivity (Wildman–Crippen MR) is 76.7 cm³/mol. The molecule has 17 heavy (non-hydrogen) atoms. The zero-order valence-corrected chi connectivity index (χ0v) is 12.2. The summed E-state index contributed by atoms with van der Waals surface area (Å²) >= 11 is 4.54. The van der Waals surface area contributed by atoms with Crippen LogP contribution < -0.4 is 0 Å². The minimum absolute atomic E-state index is 0.420. The molecule has 2 unspecified atom stereocenters. The summed E-state index contributed by atoms with van der Waals surface area (Å²) in [5.41, 5.74) is 0.420. The number of rotatable bonds is 5. The Morgan fingerprint density at radius 2 is 1.94 bits per heavy atom. The van der Waals surface area contributed by atoms with E-state index < -0.39 is 0 Å². The van der Waals surface area contributed by atoms with Crippen LogP contribution in [0, 0.1) is 17.3 Å². The summed E-state index contributed by atoms with van der Waals surface area (Å²) in [6.07, 6.45) is 11.0. The van der Waals surface area contributed by atoms with Crippen LogP contribution in [0.1, 0.15) is 58.3 Å². The molecule has 2 aliphatic rings. The van der Waals surface area contributed by atoms with Crippen molar-refractivity contribution in [2.24, 2.45) is 17.3 Å². The number of ether oxygens (including phenoxy) is 1. The first-order valence-electron chi connectivity index (χ1n) is 7.43. The third-order valence-corrected chi connectivity index (χ3v) is 5.48. The van der Waals surface area contributed by atoms with Gasteiger partial charge in [0.15, 0.2) is 0 Å². The Morgan fingerprint density at radius 3 is 2.59 bits per heavy atom. The lowest BCUT2D eigenvalue weighted by Gasteiger charge is -2.30. The molecule has 2 fully saturated rings. The molecule has 2 atom stereocenters. The Morgan fingerprint density at radius 1 is 1.18 bits per heavy atom. The SMILES string of the molecule is CC1CCCC(COCC2(CS)CCCC2)C1. The summed E-state index contributed by atoms with van der Waals surface area (Å²) in [5.74, 6) is 2.76. The van der Waals surface area contributed by atoms with Gasteiger partial charge in [-0.3, -0.25) is 0 Å². The van der Waals surface area contributed by atoms with E-state index in [-0.39, 0.29) is 0 Å². The smallest absolute Gasteiger partial charge is 0.0530 e. The average molecular weight is 256 g/mol. The molecule has 0 heterocycles. The minimum atomic E-state index is 0.420. The van der Waals surface area contributed by atoms with Gasteiger partial charge in [-0.15, -0.1) is 0 Å². The van der Waals surface area contributed by atoms with Crippen LogP contribution >= 0.6 is 12.6 Å². The van der Waals surface area contributed by atoms with Gasteiger partial charge in [-0.1, -0.05) is 32.6 Å². The van der Waals surface area contributed by atoms with Crippen LogP contribution in [-0.2, 0) is 4.74 Å². The molecular formula is C15H28OS. The normalized spacial score (nSPS) is 32.8. The predicted octanol–water partition coefficient (Wildman–Crippen LogP) is 4.32. The van der Waals surface area contributed by atoms with Crippen LogP contribution in [-0.4, -0.2) is 19.0 Å². The van der Waals surface area contributed by atoms with Gasteiger partial charge in [-0.05, 0) is 43.3 Å². The molecular weight excluding hydrogens is 228 g/mol. The van der Waals surface area contributed by atoms with E-state index in [4.69, 9.17) is 4.74 Å². The molecule has 2 aliphatic carbocycles. The second-order valence-corrected chi connectivity index (χ2v) is 6.83. The van der Waals surface area contributed by atoms with Crippen LogP contribution in [0.25, 0.3) is 0 Å². The summed E-state index contributed by atoms with van der Waals surface area (Å²) in [6, 6.07) is 0. The number of hydrogen-bond acceptors (Lipinski definition) is 2. The fourth-order valence-electron chi connectivity index (χ4n) is 3.63. The molecule has 0 spiro atoms. The molecule has 1 nitrogen and oxygen atoms in total. The van der Waals surface area contributed by atoms with Gasteiger partial charge in [0.25, 0.3) is 0 Å². The van der Waals surface area contributed by atoms with Gasteiger partial charge in [0.05, 0.1) is 6.61 Å². The van der Waals surface area contributed by atoms with E-state index in [1.165, 1.54) is 51.4 Å². The fourth-order valence-corrected chi connectivity index (χ4v) is 4.03. The van der Waals surface area contributed by atoms with E-state index in [0.717, 1.165) is 30.8 Å². The summed E-state index contributed by atoms with van der Waals surface area (Å²) < 4.78 is 6.05. The first-order chi connectivity index (χ1) is 8.24. The Hall–Kier alpha value is 0.310. The van der Waals surface area contributed by atoms with E-state index >= 15 is 0 Å². The van der Waals surface area contributed by atoms with Gasteiger partial charge in [0, 0.05) is 12.0 Å². The van der Waals surface area contributed by atoms with Gasteiger partial charge in [-0.2, -0.15) is 12.6 Å². The Labute approximate surface area is 112 Å². The summed E-state index contributed by atoms with van der Waals surface area (Å²) in [6.45, 7) is 4.35. The van der Waals surface area contributed by atoms with Crippen LogP contribution in [0.2, 0.25) is 0 Å². The lowest BCUT2D eigenvalue weighted by atomic mass is 9.83. The highest BCUT2D eigenvalue weighted by Crippen LogP contribution is 2.39. The van der Waals surface area contributed by atoms with Crippen LogP contribution in [0.5, 0.6) is 0 Å². The Balaban J connectivity index is 1.67. The molecule has 0 aromatic carbocycles. The lowest BCUT2D eigenvalue weighted by Crippen LogP contribution is -2.28. The van der Waals surface area contributed by atoms with Gasteiger partial charge >= 0.3 is 0 Å². The molecule has 0 saturated heterocycles. The molecule has 0 radical (unpaired) electrons. The standard InChI is InChI=1S/C15H28OS/c1-13-5-4-6-14(9-13)10-16-11-15(12-17)7-2-3-8-15/h13-14,17H,2-12H2,1H3. The van der Waals surface area contributed by atoms with E-state index in [2.05, 4.69) is 19.6 Å². The van der Waals surface area contributed by atoms with Crippen molar-refractivity contribution in [3.8, 4) is 0 Å². The molecule has 0 aliphatic heterocycles. The highest BCUT2D eigenvalue weighted by molar-refractivity contribution is 7.80. The van der Waals surface area contributed by atoms with Crippen LogP contribution in [0.3, 0.4) is 0 Å². The molecule has 100 valence electrons. The van der Waals surface area contributed by atoms with Crippen molar-refractivity contribution in [1.29, 1.82) is 0 Å². The van der Waals surface area contributed by atoms with Crippen molar-refractivity contribution in [2.45, 2.75) is 58.3 Å². The van der Waals surface area contributed by atoms with Gasteiger partial charge in [0.1, 0.15) is 0 Å². The van der Waals surface area contributed by atoms with Gasteiger partial charge in [0.2, 0.25) is 0 Å². The van der Waals surface area contributed by atoms with E-state index in [1.807, 2.05) is 0 Å². The van der Waals surface area contributed by atoms with Crippen molar-refractivity contribution in [3.05, 3.63) is 0 Å². The number of thiol groups is 1. The van der Waals surface area contributed by atoms with Crippen molar-refractivity contribution in [1.82, 2.24) is 0 Å². The molecule has 0 aromatic heterocycles. The summed E-state index contributed by atoms with van der Waals surface area (Å²) in [5, 5.41) is 0. The molecule has 2 saturated carbocycles. The summed E-state index contributed by atoms with van der Waals surface area (Å²) in [7, 11) is 0. The van der Waals surface area contributed by atoms with Crippen molar-refractivity contribution >= 4 is 12.6 Å². The summed E-state index contributed by atoms with van der Waals surface area (Å²) in [4.78, 5) is 0. The molecule has 0 N–H and O–H groups in total. The van der Waals surface area contributed by atoms with Crippen LogP contribution in [0.15, 0.2) is 0 Å². The third kappa shape index (κ3) is 3.89. The van der Waals surface area contributed by atoms with Crippen molar-refractivity contribution in [3.63, 3.8) is 0 Å². The number of hydrogen-bond donors (Lipinski definition) is 1. The minimum Gasteiger partial charge on any atom is -0.381 e. The highest BCUT2D eigenvalue weighted by Gasteiger charge is 2.33. The molecule has 0 aromatic rings. The van der Waals surface area contributed by atoms with E-state index in [9.17, 15) is 0 Å².